The predicted octanol–water partition coefficient (Wildman–Crippen LogP) is 1.62. The maximum absolute atomic E-state index is 12.4. The highest BCUT2D eigenvalue weighted by molar-refractivity contribution is 7.89. The van der Waals surface area contributed by atoms with Gasteiger partial charge in [-0.1, -0.05) is 24.3 Å². The number of hydrogen-bond acceptors (Lipinski definition) is 6. The highest BCUT2D eigenvalue weighted by Crippen LogP contribution is 2.20. The zero-order valence-electron chi connectivity index (χ0n) is 12.0. The van der Waals surface area contributed by atoms with E-state index in [9.17, 15) is 13.2 Å². The lowest BCUT2D eigenvalue weighted by atomic mass is 10.1. The highest BCUT2D eigenvalue weighted by Gasteiger charge is 2.20. The number of amides is 1. The average Bonchev–Trinajstić information content (AvgIpc) is 3.01. The van der Waals surface area contributed by atoms with E-state index in [1.807, 2.05) is 0 Å². The smallest absolute Gasteiger partial charge is 0.266 e. The van der Waals surface area contributed by atoms with Crippen molar-refractivity contribution in [1.29, 1.82) is 0 Å². The predicted molar refractivity (Wildman–Crippen MR) is 86.4 cm³/mol. The van der Waals surface area contributed by atoms with Crippen LogP contribution in [0.5, 0.6) is 0 Å². The van der Waals surface area contributed by atoms with Gasteiger partial charge in [-0.25, -0.2) is 8.42 Å². The van der Waals surface area contributed by atoms with Gasteiger partial charge in [0.25, 0.3) is 15.9 Å². The second-order valence-electron chi connectivity index (χ2n) is 4.76. The fourth-order valence-corrected chi connectivity index (χ4v) is 3.67. The lowest BCUT2D eigenvalue weighted by Crippen LogP contribution is -2.41. The molecule has 0 radical (unpaired) electrons. The average molecular weight is 348 g/mol. The molecule has 0 saturated carbocycles. The number of benzene rings is 2. The Morgan fingerprint density at radius 3 is 2.65 bits per heavy atom. The van der Waals surface area contributed by atoms with Crippen LogP contribution in [0.25, 0.3) is 11.0 Å². The topological polar surface area (TPSA) is 101 Å². The number of carbonyl (C=O) groups excluding carboxylic acids is 1. The first-order chi connectivity index (χ1) is 11.0. The van der Waals surface area contributed by atoms with E-state index in [1.165, 1.54) is 6.07 Å². The van der Waals surface area contributed by atoms with Gasteiger partial charge in [-0.05, 0) is 30.7 Å². The molecule has 2 N–H and O–H groups in total. The molecule has 0 bridgehead atoms. The van der Waals surface area contributed by atoms with E-state index in [1.54, 1.807) is 43.3 Å². The summed E-state index contributed by atoms with van der Waals surface area (Å²) in [5, 5.41) is 0. The van der Waals surface area contributed by atoms with Gasteiger partial charge in [-0.2, -0.15) is 8.75 Å². The van der Waals surface area contributed by atoms with Crippen LogP contribution in [0.15, 0.2) is 47.4 Å². The van der Waals surface area contributed by atoms with Gasteiger partial charge in [0.05, 0.1) is 11.7 Å². The first-order valence-electron chi connectivity index (χ1n) is 6.58. The molecule has 9 heteroatoms. The third-order valence-electron chi connectivity index (χ3n) is 3.23. The largest absolute Gasteiger partial charge is 0.273 e. The zero-order valence-corrected chi connectivity index (χ0v) is 13.6. The Hall–Kier alpha value is -2.36. The normalized spacial score (nSPS) is 11.5. The number of nitrogens with zero attached hydrogens (tertiary/aromatic N) is 2. The summed E-state index contributed by atoms with van der Waals surface area (Å²) in [5.74, 6) is -0.532. The molecule has 0 unspecified atom stereocenters. The van der Waals surface area contributed by atoms with Gasteiger partial charge in [0.1, 0.15) is 15.9 Å². The Bertz CT molecular complexity index is 982. The summed E-state index contributed by atoms with van der Waals surface area (Å²) in [4.78, 5) is 14.2. The van der Waals surface area contributed by atoms with E-state index < -0.39 is 15.9 Å². The summed E-state index contributed by atoms with van der Waals surface area (Å²) in [6.07, 6.45) is 0. The molecule has 7 nitrogen and oxygen atoms in total. The molecule has 1 aromatic heterocycles. The van der Waals surface area contributed by atoms with Crippen molar-refractivity contribution in [1.82, 2.24) is 19.0 Å². The lowest BCUT2D eigenvalue weighted by molar-refractivity contribution is 0.0944. The molecule has 3 aromatic rings. The van der Waals surface area contributed by atoms with Gasteiger partial charge in [-0.15, -0.1) is 4.83 Å². The molecule has 0 saturated heterocycles. The van der Waals surface area contributed by atoms with Crippen LogP contribution in [-0.2, 0) is 10.0 Å². The van der Waals surface area contributed by atoms with Crippen molar-refractivity contribution in [3.8, 4) is 0 Å². The molecule has 0 fully saturated rings. The van der Waals surface area contributed by atoms with E-state index in [0.717, 1.165) is 17.3 Å². The number of hydrazine groups is 1. The van der Waals surface area contributed by atoms with E-state index in [4.69, 9.17) is 0 Å². The van der Waals surface area contributed by atoms with Crippen molar-refractivity contribution in [3.05, 3.63) is 53.6 Å². The molecule has 0 atom stereocenters. The van der Waals surface area contributed by atoms with Gasteiger partial charge < -0.3 is 0 Å². The van der Waals surface area contributed by atoms with Crippen LogP contribution in [0.4, 0.5) is 0 Å². The maximum atomic E-state index is 12.4. The third kappa shape index (κ3) is 3.07. The van der Waals surface area contributed by atoms with Crippen LogP contribution in [0.1, 0.15) is 15.9 Å². The SMILES string of the molecule is Cc1ccccc1C(=O)NNS(=O)(=O)c1cccc2nsnc12. The minimum Gasteiger partial charge on any atom is -0.273 e. The highest BCUT2D eigenvalue weighted by atomic mass is 32.2. The van der Waals surface area contributed by atoms with Crippen LogP contribution >= 0.6 is 11.7 Å². The van der Waals surface area contributed by atoms with Gasteiger partial charge in [-0.3, -0.25) is 10.2 Å². The van der Waals surface area contributed by atoms with Crippen LogP contribution in [0.2, 0.25) is 0 Å². The molecule has 3 rings (SSSR count). The van der Waals surface area contributed by atoms with Crippen LogP contribution in [-0.4, -0.2) is 23.1 Å². The Balaban J connectivity index is 1.84. The number of hydrogen-bond donors (Lipinski definition) is 2. The first-order valence-corrected chi connectivity index (χ1v) is 8.79. The number of nitrogens with one attached hydrogen (secondary N) is 2. The van der Waals surface area contributed by atoms with Crippen molar-refractivity contribution < 1.29 is 13.2 Å². The molecule has 0 aliphatic rings. The Labute approximate surface area is 136 Å². The van der Waals surface area contributed by atoms with E-state index in [-0.39, 0.29) is 10.4 Å². The van der Waals surface area contributed by atoms with E-state index in [2.05, 4.69) is 19.0 Å². The van der Waals surface area contributed by atoms with E-state index in [0.29, 0.717) is 11.1 Å². The lowest BCUT2D eigenvalue weighted by Gasteiger charge is -2.10. The number of carbonyl (C=O) groups is 1. The number of fused-ring (bicyclic) bond motifs is 1. The Morgan fingerprint density at radius 2 is 1.87 bits per heavy atom. The van der Waals surface area contributed by atoms with Gasteiger partial charge in [0.15, 0.2) is 0 Å². The standard InChI is InChI=1S/C14H12N4O3S2/c1-9-5-2-3-6-10(9)14(19)15-18-23(20,21)12-8-4-7-11-13(12)17-22-16-11/h2-8,18H,1H3,(H,15,19). The molecular formula is C14H12N4O3S2. The van der Waals surface area contributed by atoms with Crippen molar-refractivity contribution in [3.63, 3.8) is 0 Å². The van der Waals surface area contributed by atoms with Crippen LogP contribution in [0.3, 0.4) is 0 Å². The summed E-state index contributed by atoms with van der Waals surface area (Å²) in [7, 11) is -3.95. The summed E-state index contributed by atoms with van der Waals surface area (Å²) < 4.78 is 32.7. The number of rotatable bonds is 4. The van der Waals surface area contributed by atoms with Crippen molar-refractivity contribution in [2.45, 2.75) is 11.8 Å². The third-order valence-corrected chi connectivity index (χ3v) is 5.05. The molecule has 23 heavy (non-hydrogen) atoms. The van der Waals surface area contributed by atoms with Crippen molar-refractivity contribution in [2.24, 2.45) is 0 Å². The quantitative estimate of drug-likeness (QED) is 0.698. The van der Waals surface area contributed by atoms with E-state index >= 15 is 0 Å². The van der Waals surface area contributed by atoms with Crippen LogP contribution in [0, 0.1) is 6.92 Å². The number of aromatic nitrogens is 2. The fourth-order valence-electron chi connectivity index (χ4n) is 2.06. The van der Waals surface area contributed by atoms with Crippen molar-refractivity contribution >= 4 is 38.7 Å². The Morgan fingerprint density at radius 1 is 1.09 bits per heavy atom. The van der Waals surface area contributed by atoms with Crippen LogP contribution < -0.4 is 10.3 Å². The summed E-state index contributed by atoms with van der Waals surface area (Å²) in [5.41, 5.74) is 4.11. The zero-order chi connectivity index (χ0) is 16.4. The number of sulfonamides is 1. The summed E-state index contributed by atoms with van der Waals surface area (Å²) >= 11 is 0.927. The first kappa shape index (κ1) is 15.5. The molecule has 1 amide bonds. The van der Waals surface area contributed by atoms with Gasteiger partial charge >= 0.3 is 0 Å². The Kier molecular flexibility index (Phi) is 4.07. The second-order valence-corrected chi connectivity index (χ2v) is 6.94. The molecule has 1 heterocycles. The summed E-state index contributed by atoms with van der Waals surface area (Å²) in [6.45, 7) is 1.77. The maximum Gasteiger partial charge on any atom is 0.266 e. The molecule has 2 aromatic carbocycles. The molecule has 0 aliphatic heterocycles. The molecule has 118 valence electrons. The van der Waals surface area contributed by atoms with Crippen molar-refractivity contribution in [2.75, 3.05) is 0 Å². The molecule has 0 aliphatic carbocycles. The van der Waals surface area contributed by atoms with Gasteiger partial charge in [0, 0.05) is 5.56 Å². The summed E-state index contributed by atoms with van der Waals surface area (Å²) in [6, 6.07) is 11.5. The fraction of sp³-hybridized carbons (Fsp3) is 0.0714. The molecular weight excluding hydrogens is 336 g/mol. The second kappa shape index (κ2) is 6.03. The minimum atomic E-state index is -3.95. The molecule has 0 spiro atoms. The van der Waals surface area contributed by atoms with Gasteiger partial charge in [0.2, 0.25) is 0 Å². The monoisotopic (exact) mass is 348 g/mol. The minimum absolute atomic E-state index is 0.0335. The number of aryl methyl sites for hydroxylation is 1.